The van der Waals surface area contributed by atoms with E-state index in [-0.39, 0.29) is 47.2 Å². The van der Waals surface area contributed by atoms with Gasteiger partial charge in [0.05, 0.1) is 34.9 Å². The predicted octanol–water partition coefficient (Wildman–Crippen LogP) is 5.76. The van der Waals surface area contributed by atoms with Crippen LogP contribution in [0.4, 0.5) is 26.3 Å². The van der Waals surface area contributed by atoms with Crippen molar-refractivity contribution in [3.05, 3.63) is 86.9 Å². The molecule has 0 radical (unpaired) electrons. The number of nitrogens with one attached hydrogen (secondary N) is 1. The Morgan fingerprint density at radius 3 is 2.08 bits per heavy atom. The number of aromatic nitrogens is 4. The molecule has 1 amide bonds. The maximum absolute atomic E-state index is 13.1. The van der Waals surface area contributed by atoms with Crippen LogP contribution in [-0.4, -0.2) is 25.5 Å². The molecular weight excluding hydrogens is 564 g/mol. The second-order valence-electron chi connectivity index (χ2n) is 9.77. The molecule has 0 atom stereocenters. The smallest absolute Gasteiger partial charge is 0.352 e. The summed E-state index contributed by atoms with van der Waals surface area (Å²) in [5.41, 5.74) is -2.00. The minimum absolute atomic E-state index is 0.00953. The van der Waals surface area contributed by atoms with E-state index in [1.165, 1.54) is 35.1 Å². The molecule has 1 aliphatic rings. The summed E-state index contributed by atoms with van der Waals surface area (Å²) in [6, 6.07) is 8.63. The molecule has 1 fully saturated rings. The first-order valence-corrected chi connectivity index (χ1v) is 12.4. The van der Waals surface area contributed by atoms with E-state index in [9.17, 15) is 35.9 Å². The number of halogens is 7. The van der Waals surface area contributed by atoms with Crippen molar-refractivity contribution >= 4 is 28.4 Å². The van der Waals surface area contributed by atoms with Crippen LogP contribution in [-0.2, 0) is 30.2 Å². The average Bonchev–Trinajstić information content (AvgIpc) is 3.56. The summed E-state index contributed by atoms with van der Waals surface area (Å²) >= 11 is 6.36. The zero-order chi connectivity index (χ0) is 28.9. The van der Waals surface area contributed by atoms with Gasteiger partial charge >= 0.3 is 12.4 Å². The molecular formula is C26H20ClF6N5O2. The molecule has 4 aromatic rings. The standard InChI is InChI=1S/C26H20ClF6N5O2/c27-22-19-13-35-37(23(40)21(19)36-38(22)18-7-5-17(6-8-18)26(31,32)33)14-24(9-10-24)11-20(39)34-12-15-1-3-16(4-2-15)25(28,29)30/h1-8,13H,9-12,14H2,(H,34,39). The number of alkyl halides is 6. The van der Waals surface area contributed by atoms with E-state index < -0.39 is 34.5 Å². The van der Waals surface area contributed by atoms with Gasteiger partial charge in [-0.1, -0.05) is 23.7 Å². The third-order valence-corrected chi connectivity index (χ3v) is 7.18. The van der Waals surface area contributed by atoms with Gasteiger partial charge in [-0.15, -0.1) is 0 Å². The number of rotatable bonds is 7. The Hall–Kier alpha value is -3.87. The van der Waals surface area contributed by atoms with Crippen LogP contribution in [0.2, 0.25) is 5.15 Å². The SMILES string of the molecule is O=C(CC1(Cn2ncc3c(Cl)n(-c4ccc(C(F)(F)F)cc4)nc3c2=O)CC1)NCc1ccc(C(F)(F)F)cc1. The Morgan fingerprint density at radius 1 is 0.950 bits per heavy atom. The van der Waals surface area contributed by atoms with Crippen molar-refractivity contribution in [3.63, 3.8) is 0 Å². The minimum atomic E-state index is -4.51. The average molecular weight is 584 g/mol. The predicted molar refractivity (Wildman–Crippen MR) is 133 cm³/mol. The summed E-state index contributed by atoms with van der Waals surface area (Å²) in [4.78, 5) is 25.7. The first-order chi connectivity index (χ1) is 18.8. The van der Waals surface area contributed by atoms with Crippen LogP contribution < -0.4 is 10.9 Å². The van der Waals surface area contributed by atoms with Crippen LogP contribution in [0, 0.1) is 5.41 Å². The summed E-state index contributed by atoms with van der Waals surface area (Å²) < 4.78 is 79.2. The van der Waals surface area contributed by atoms with Gasteiger partial charge in [-0.05, 0) is 60.2 Å². The van der Waals surface area contributed by atoms with Crippen molar-refractivity contribution < 1.29 is 31.1 Å². The largest absolute Gasteiger partial charge is 0.416 e. The van der Waals surface area contributed by atoms with Gasteiger partial charge in [-0.25, -0.2) is 9.36 Å². The number of carbonyl (C=O) groups excluding carboxylic acids is 1. The second kappa shape index (κ2) is 9.95. The fraction of sp³-hybridized carbons (Fsp3) is 0.308. The minimum Gasteiger partial charge on any atom is -0.352 e. The lowest BCUT2D eigenvalue weighted by molar-refractivity contribution is -0.138. The van der Waals surface area contributed by atoms with Gasteiger partial charge in [0.2, 0.25) is 5.91 Å². The highest BCUT2D eigenvalue weighted by Crippen LogP contribution is 2.50. The molecule has 0 spiro atoms. The van der Waals surface area contributed by atoms with Crippen molar-refractivity contribution in [3.8, 4) is 5.69 Å². The highest BCUT2D eigenvalue weighted by molar-refractivity contribution is 6.34. The quantitative estimate of drug-likeness (QED) is 0.281. The van der Waals surface area contributed by atoms with Crippen molar-refractivity contribution in [1.29, 1.82) is 0 Å². The van der Waals surface area contributed by atoms with Gasteiger partial charge in [-0.3, -0.25) is 9.59 Å². The highest BCUT2D eigenvalue weighted by atomic mass is 35.5. The third-order valence-electron chi connectivity index (χ3n) is 6.81. The number of nitrogens with zero attached hydrogens (tertiary/aromatic N) is 4. The molecule has 5 rings (SSSR count). The molecule has 40 heavy (non-hydrogen) atoms. The summed E-state index contributed by atoms with van der Waals surface area (Å²) in [6.45, 7) is 0.178. The maximum Gasteiger partial charge on any atom is 0.416 e. The zero-order valence-electron chi connectivity index (χ0n) is 20.5. The van der Waals surface area contributed by atoms with Gasteiger partial charge in [0.15, 0.2) is 5.52 Å². The molecule has 2 heterocycles. The number of amides is 1. The summed E-state index contributed by atoms with van der Waals surface area (Å²) in [7, 11) is 0. The fourth-order valence-electron chi connectivity index (χ4n) is 4.36. The van der Waals surface area contributed by atoms with Gasteiger partial charge < -0.3 is 5.32 Å². The van der Waals surface area contributed by atoms with Gasteiger partial charge in [0, 0.05) is 13.0 Å². The number of carbonyl (C=O) groups is 1. The highest BCUT2D eigenvalue weighted by Gasteiger charge is 2.45. The second-order valence-corrected chi connectivity index (χ2v) is 10.1. The number of hydrogen-bond acceptors (Lipinski definition) is 4. The Morgan fingerprint density at radius 2 is 1.52 bits per heavy atom. The van der Waals surface area contributed by atoms with Crippen LogP contribution in [0.15, 0.2) is 59.5 Å². The zero-order valence-corrected chi connectivity index (χ0v) is 21.2. The normalized spacial score (nSPS) is 14.9. The summed E-state index contributed by atoms with van der Waals surface area (Å²) in [5, 5.41) is 11.3. The van der Waals surface area contributed by atoms with E-state index in [4.69, 9.17) is 11.6 Å². The lowest BCUT2D eigenvalue weighted by Crippen LogP contribution is -2.31. The lowest BCUT2D eigenvalue weighted by Gasteiger charge is -2.16. The topological polar surface area (TPSA) is 81.8 Å². The van der Waals surface area contributed by atoms with Crippen molar-refractivity contribution in [1.82, 2.24) is 24.9 Å². The molecule has 0 aliphatic heterocycles. The molecule has 0 bridgehead atoms. The fourth-order valence-corrected chi connectivity index (χ4v) is 4.63. The molecule has 0 saturated heterocycles. The summed E-state index contributed by atoms with van der Waals surface area (Å²) in [5.74, 6) is -0.318. The molecule has 7 nitrogen and oxygen atoms in total. The van der Waals surface area contributed by atoms with E-state index in [0.717, 1.165) is 28.9 Å². The molecule has 2 aromatic heterocycles. The van der Waals surface area contributed by atoms with E-state index in [1.807, 2.05) is 0 Å². The van der Waals surface area contributed by atoms with Gasteiger partial charge in [0.25, 0.3) is 5.56 Å². The van der Waals surface area contributed by atoms with Crippen molar-refractivity contribution in [2.24, 2.45) is 5.41 Å². The van der Waals surface area contributed by atoms with Crippen molar-refractivity contribution in [2.75, 3.05) is 0 Å². The number of benzene rings is 2. The Kier molecular flexibility index (Phi) is 6.89. The van der Waals surface area contributed by atoms with Crippen LogP contribution in [0.25, 0.3) is 16.6 Å². The Labute approximate surface area is 227 Å². The van der Waals surface area contributed by atoms with E-state index >= 15 is 0 Å². The maximum atomic E-state index is 13.1. The lowest BCUT2D eigenvalue weighted by atomic mass is 10.0. The van der Waals surface area contributed by atoms with E-state index in [2.05, 4.69) is 15.5 Å². The summed E-state index contributed by atoms with van der Waals surface area (Å²) in [6.07, 6.45) is -6.21. The molecule has 14 heteroatoms. The third kappa shape index (κ3) is 5.69. The van der Waals surface area contributed by atoms with Crippen LogP contribution in [0.5, 0.6) is 0 Å². The van der Waals surface area contributed by atoms with Crippen molar-refractivity contribution in [2.45, 2.75) is 44.7 Å². The first kappa shape index (κ1) is 27.7. The molecule has 0 unspecified atom stereocenters. The Bertz CT molecular complexity index is 1620. The Balaban J connectivity index is 1.27. The van der Waals surface area contributed by atoms with Crippen LogP contribution in [0.1, 0.15) is 36.0 Å². The van der Waals surface area contributed by atoms with E-state index in [0.29, 0.717) is 18.4 Å². The molecule has 1 aliphatic carbocycles. The number of hydrogen-bond donors (Lipinski definition) is 1. The molecule has 1 saturated carbocycles. The van der Waals surface area contributed by atoms with Crippen LogP contribution >= 0.6 is 11.6 Å². The number of fused-ring (bicyclic) bond motifs is 1. The van der Waals surface area contributed by atoms with E-state index in [1.54, 1.807) is 0 Å². The van der Waals surface area contributed by atoms with Crippen LogP contribution in [0.3, 0.4) is 0 Å². The van der Waals surface area contributed by atoms with Gasteiger partial charge in [0.1, 0.15) is 5.15 Å². The first-order valence-electron chi connectivity index (χ1n) is 12.0. The monoisotopic (exact) mass is 583 g/mol. The molecule has 1 N–H and O–H groups in total. The molecule has 210 valence electrons. The van der Waals surface area contributed by atoms with Gasteiger partial charge in [-0.2, -0.15) is 36.5 Å². The molecule has 2 aromatic carbocycles.